The number of para-hydroxylation sites is 1. The van der Waals surface area contributed by atoms with Gasteiger partial charge in [-0.2, -0.15) is 0 Å². The van der Waals surface area contributed by atoms with Crippen LogP contribution in [0.3, 0.4) is 0 Å². The van der Waals surface area contributed by atoms with E-state index in [-0.39, 0.29) is 17.3 Å². The number of carbonyl (C=O) groups is 1. The lowest BCUT2D eigenvalue weighted by Crippen LogP contribution is -2.18. The van der Waals surface area contributed by atoms with Crippen molar-refractivity contribution in [3.8, 4) is 0 Å². The number of aromatic carboxylic acids is 1. The lowest BCUT2D eigenvalue weighted by atomic mass is 10.1. The van der Waals surface area contributed by atoms with Crippen molar-refractivity contribution in [2.75, 3.05) is 19.0 Å². The monoisotopic (exact) mass is 268 g/mol. The lowest BCUT2D eigenvalue weighted by Gasteiger charge is -2.15. The molecule has 1 aromatic rings. The molecule has 7 nitrogen and oxygen atoms in total. The third-order valence-electron chi connectivity index (χ3n) is 2.61. The predicted molar refractivity (Wildman–Crippen MR) is 69.6 cm³/mol. The predicted octanol–water partition coefficient (Wildman–Crippen LogP) is 2.13. The fourth-order valence-electron chi connectivity index (χ4n) is 1.66. The van der Waals surface area contributed by atoms with Gasteiger partial charge < -0.3 is 15.2 Å². The van der Waals surface area contributed by atoms with Gasteiger partial charge in [-0.15, -0.1) is 0 Å². The van der Waals surface area contributed by atoms with E-state index in [4.69, 9.17) is 9.84 Å². The van der Waals surface area contributed by atoms with Crippen molar-refractivity contribution in [2.24, 2.45) is 0 Å². The third-order valence-corrected chi connectivity index (χ3v) is 2.61. The highest BCUT2D eigenvalue weighted by atomic mass is 16.6. The Labute approximate surface area is 110 Å². The first-order valence-corrected chi connectivity index (χ1v) is 5.73. The molecule has 104 valence electrons. The summed E-state index contributed by atoms with van der Waals surface area (Å²) in [4.78, 5) is 21.3. The normalized spacial score (nSPS) is 11.9. The number of ether oxygens (including phenoxy) is 1. The molecule has 1 rings (SSSR count). The average molecular weight is 268 g/mol. The van der Waals surface area contributed by atoms with Crippen molar-refractivity contribution in [3.05, 3.63) is 33.9 Å². The molecule has 0 radical (unpaired) electrons. The molecular weight excluding hydrogens is 252 g/mol. The van der Waals surface area contributed by atoms with E-state index in [1.54, 1.807) is 7.11 Å². The van der Waals surface area contributed by atoms with Crippen LogP contribution >= 0.6 is 0 Å². The number of nitrogens with one attached hydrogen (secondary N) is 1. The Morgan fingerprint density at radius 2 is 2.26 bits per heavy atom. The fourth-order valence-corrected chi connectivity index (χ4v) is 1.66. The van der Waals surface area contributed by atoms with Gasteiger partial charge in [0, 0.05) is 19.8 Å². The molecule has 0 heterocycles. The highest BCUT2D eigenvalue weighted by molar-refractivity contribution is 5.95. The molecule has 1 atom stereocenters. The average Bonchev–Trinajstić information content (AvgIpc) is 2.35. The Bertz CT molecular complexity index is 475. The fraction of sp³-hybridized carbons (Fsp3) is 0.417. The van der Waals surface area contributed by atoms with Gasteiger partial charge in [0.15, 0.2) is 0 Å². The molecule has 0 spiro atoms. The Balaban J connectivity index is 3.03. The minimum atomic E-state index is -1.32. The number of benzene rings is 1. The smallest absolute Gasteiger partial charge is 0.342 e. The maximum atomic E-state index is 11.0. The minimum Gasteiger partial charge on any atom is -0.477 e. The van der Waals surface area contributed by atoms with Crippen LogP contribution in [0.2, 0.25) is 0 Å². The van der Waals surface area contributed by atoms with Crippen LogP contribution in [-0.4, -0.2) is 35.8 Å². The van der Waals surface area contributed by atoms with E-state index in [0.717, 1.165) is 0 Å². The summed E-state index contributed by atoms with van der Waals surface area (Å²) < 4.78 is 4.92. The minimum absolute atomic E-state index is 0.0669. The van der Waals surface area contributed by atoms with Crippen LogP contribution in [-0.2, 0) is 4.74 Å². The van der Waals surface area contributed by atoms with Crippen molar-refractivity contribution in [1.82, 2.24) is 0 Å². The van der Waals surface area contributed by atoms with Gasteiger partial charge in [-0.25, -0.2) is 4.79 Å². The molecule has 0 aliphatic rings. The Kier molecular flexibility index (Phi) is 5.25. The van der Waals surface area contributed by atoms with Crippen LogP contribution in [0.1, 0.15) is 23.7 Å². The van der Waals surface area contributed by atoms with Gasteiger partial charge >= 0.3 is 11.7 Å². The zero-order chi connectivity index (χ0) is 14.4. The molecule has 0 saturated carbocycles. The molecule has 0 aliphatic heterocycles. The van der Waals surface area contributed by atoms with E-state index >= 15 is 0 Å². The number of carboxylic acid groups (broad SMARTS) is 1. The van der Waals surface area contributed by atoms with Crippen LogP contribution in [0.15, 0.2) is 18.2 Å². The van der Waals surface area contributed by atoms with E-state index in [9.17, 15) is 14.9 Å². The zero-order valence-corrected chi connectivity index (χ0v) is 10.8. The van der Waals surface area contributed by atoms with Crippen molar-refractivity contribution < 1.29 is 19.6 Å². The van der Waals surface area contributed by atoms with Crippen LogP contribution in [0.5, 0.6) is 0 Å². The third kappa shape index (κ3) is 3.92. The molecule has 7 heteroatoms. The largest absolute Gasteiger partial charge is 0.477 e. The number of rotatable bonds is 7. The van der Waals surface area contributed by atoms with Gasteiger partial charge in [-0.3, -0.25) is 10.1 Å². The summed E-state index contributed by atoms with van der Waals surface area (Å²) in [5, 5.41) is 22.9. The zero-order valence-electron chi connectivity index (χ0n) is 10.8. The number of hydrogen-bond donors (Lipinski definition) is 2. The summed E-state index contributed by atoms with van der Waals surface area (Å²) in [7, 11) is 1.57. The van der Waals surface area contributed by atoms with Crippen molar-refractivity contribution in [1.29, 1.82) is 0 Å². The Hall–Kier alpha value is -2.15. The van der Waals surface area contributed by atoms with Crippen molar-refractivity contribution >= 4 is 17.3 Å². The molecule has 0 amide bonds. The molecular formula is C12H16N2O5. The first-order chi connectivity index (χ1) is 8.97. The van der Waals surface area contributed by atoms with E-state index in [0.29, 0.717) is 13.0 Å². The van der Waals surface area contributed by atoms with Crippen LogP contribution in [0, 0.1) is 10.1 Å². The molecule has 19 heavy (non-hydrogen) atoms. The molecule has 2 N–H and O–H groups in total. The van der Waals surface area contributed by atoms with Gasteiger partial charge in [0.2, 0.25) is 0 Å². The highest BCUT2D eigenvalue weighted by Crippen LogP contribution is 2.29. The number of anilines is 1. The van der Waals surface area contributed by atoms with Crippen LogP contribution in [0.25, 0.3) is 0 Å². The number of hydrogen-bond acceptors (Lipinski definition) is 5. The van der Waals surface area contributed by atoms with E-state index in [1.165, 1.54) is 18.2 Å². The Morgan fingerprint density at radius 3 is 2.79 bits per heavy atom. The number of carboxylic acids is 1. The standard InChI is InChI=1S/C12H16N2O5/c1-8(6-7-19-2)13-10-5-3-4-9(12(15)16)11(10)14(17)18/h3-5,8,13H,6-7H2,1-2H3,(H,15,16). The van der Waals surface area contributed by atoms with Gasteiger partial charge in [0.1, 0.15) is 11.3 Å². The van der Waals surface area contributed by atoms with Gasteiger partial charge in [-0.05, 0) is 25.5 Å². The van der Waals surface area contributed by atoms with E-state index < -0.39 is 16.6 Å². The molecule has 0 bridgehead atoms. The summed E-state index contributed by atoms with van der Waals surface area (Å²) in [6.45, 7) is 2.36. The first-order valence-electron chi connectivity index (χ1n) is 5.73. The molecule has 0 fully saturated rings. The molecule has 0 aromatic heterocycles. The maximum Gasteiger partial charge on any atom is 0.342 e. The number of nitro groups is 1. The molecule has 1 unspecified atom stereocenters. The molecule has 0 aliphatic carbocycles. The summed E-state index contributed by atoms with van der Waals surface area (Å²) in [5.41, 5.74) is -0.540. The summed E-state index contributed by atoms with van der Waals surface area (Å²) in [6, 6.07) is 4.11. The number of methoxy groups -OCH3 is 1. The summed E-state index contributed by atoms with van der Waals surface area (Å²) >= 11 is 0. The Morgan fingerprint density at radius 1 is 1.58 bits per heavy atom. The van der Waals surface area contributed by atoms with Crippen LogP contribution < -0.4 is 5.32 Å². The quantitative estimate of drug-likeness (QED) is 0.580. The van der Waals surface area contributed by atoms with Crippen molar-refractivity contribution in [3.63, 3.8) is 0 Å². The highest BCUT2D eigenvalue weighted by Gasteiger charge is 2.24. The SMILES string of the molecule is COCCC(C)Nc1cccc(C(=O)O)c1[N+](=O)[O-]. The molecule has 0 saturated heterocycles. The summed E-state index contributed by atoms with van der Waals surface area (Å²) in [5.74, 6) is -1.32. The van der Waals surface area contributed by atoms with Gasteiger partial charge in [0.25, 0.3) is 0 Å². The van der Waals surface area contributed by atoms with E-state index in [1.807, 2.05) is 6.92 Å². The number of nitrogens with zero attached hydrogens (tertiary/aromatic N) is 1. The summed E-state index contributed by atoms with van der Waals surface area (Å²) in [6.07, 6.45) is 0.658. The first kappa shape index (κ1) is 14.9. The van der Waals surface area contributed by atoms with Gasteiger partial charge in [0.05, 0.1) is 4.92 Å². The van der Waals surface area contributed by atoms with Crippen molar-refractivity contribution in [2.45, 2.75) is 19.4 Å². The topological polar surface area (TPSA) is 102 Å². The van der Waals surface area contributed by atoms with Gasteiger partial charge in [-0.1, -0.05) is 6.07 Å². The second-order valence-corrected chi connectivity index (χ2v) is 4.09. The maximum absolute atomic E-state index is 11.0. The second-order valence-electron chi connectivity index (χ2n) is 4.09. The second kappa shape index (κ2) is 6.69. The van der Waals surface area contributed by atoms with Crippen LogP contribution in [0.4, 0.5) is 11.4 Å². The number of nitro benzene ring substituents is 1. The lowest BCUT2D eigenvalue weighted by molar-refractivity contribution is -0.384. The van der Waals surface area contributed by atoms with E-state index in [2.05, 4.69) is 5.32 Å². The molecule has 1 aromatic carbocycles.